The van der Waals surface area contributed by atoms with E-state index in [1.54, 1.807) is 0 Å². The van der Waals surface area contributed by atoms with Crippen LogP contribution in [0, 0.1) is 12.8 Å². The summed E-state index contributed by atoms with van der Waals surface area (Å²) in [5.41, 5.74) is 10.2. The molecule has 5 heteroatoms. The van der Waals surface area contributed by atoms with Gasteiger partial charge in [-0.05, 0) is 54.2 Å². The first kappa shape index (κ1) is 20.8. The lowest BCUT2D eigenvalue weighted by Gasteiger charge is -2.41. The molecule has 2 atom stereocenters. The fraction of sp³-hybridized carbons (Fsp3) is 0.407. The molecule has 0 radical (unpaired) electrons. The van der Waals surface area contributed by atoms with E-state index >= 15 is 0 Å². The molecule has 5 rings (SSSR count). The van der Waals surface area contributed by atoms with E-state index in [0.717, 1.165) is 47.4 Å². The molecule has 2 heterocycles. The van der Waals surface area contributed by atoms with Crippen molar-refractivity contribution < 1.29 is 9.53 Å². The number of ether oxygens (including phenoxy) is 1. The molecule has 5 nitrogen and oxygen atoms in total. The number of primary amides is 1. The summed E-state index contributed by atoms with van der Waals surface area (Å²) >= 11 is 0. The Morgan fingerprint density at radius 1 is 1.12 bits per heavy atom. The molecule has 2 N–H and O–H groups in total. The van der Waals surface area contributed by atoms with Gasteiger partial charge in [-0.1, -0.05) is 49.6 Å². The van der Waals surface area contributed by atoms with Crippen molar-refractivity contribution >= 4 is 16.9 Å². The van der Waals surface area contributed by atoms with Crippen molar-refractivity contribution in [2.24, 2.45) is 11.7 Å². The van der Waals surface area contributed by atoms with Crippen molar-refractivity contribution in [1.82, 2.24) is 9.88 Å². The van der Waals surface area contributed by atoms with E-state index in [0.29, 0.717) is 6.54 Å². The summed E-state index contributed by atoms with van der Waals surface area (Å²) in [5.74, 6) is 1.62. The van der Waals surface area contributed by atoms with E-state index in [-0.39, 0.29) is 18.2 Å². The number of pyridine rings is 1. The Kier molecular flexibility index (Phi) is 5.73. The smallest absolute Gasteiger partial charge is 0.315 e. The molecule has 2 amide bonds. The highest BCUT2D eigenvalue weighted by Crippen LogP contribution is 2.35. The van der Waals surface area contributed by atoms with Crippen molar-refractivity contribution in [3.8, 4) is 16.9 Å². The third-order valence-electron chi connectivity index (χ3n) is 7.28. The number of rotatable bonds is 5. The zero-order chi connectivity index (χ0) is 22.1. The molecular weight excluding hydrogens is 398 g/mol. The number of amides is 2. The molecule has 1 saturated carbocycles. The number of nitrogens with two attached hydrogens (primary N) is 1. The van der Waals surface area contributed by atoms with Gasteiger partial charge < -0.3 is 15.4 Å². The maximum absolute atomic E-state index is 11.9. The number of hydrogen-bond donors (Lipinski definition) is 1. The van der Waals surface area contributed by atoms with Gasteiger partial charge in [-0.2, -0.15) is 0 Å². The van der Waals surface area contributed by atoms with Crippen LogP contribution in [-0.2, 0) is 0 Å². The average Bonchev–Trinajstić information content (AvgIpc) is 2.77. The minimum atomic E-state index is -0.294. The van der Waals surface area contributed by atoms with E-state index in [4.69, 9.17) is 10.5 Å². The number of piperidine rings is 1. The molecule has 0 spiro atoms. The fourth-order valence-corrected chi connectivity index (χ4v) is 5.26. The molecule has 0 bridgehead atoms. The second-order valence-corrected chi connectivity index (χ2v) is 9.32. The first-order valence-corrected chi connectivity index (χ1v) is 11.8. The Labute approximate surface area is 189 Å². The van der Waals surface area contributed by atoms with E-state index in [1.807, 2.05) is 17.2 Å². The molecule has 2 aromatic carbocycles. The van der Waals surface area contributed by atoms with Crippen LogP contribution < -0.4 is 10.5 Å². The monoisotopic (exact) mass is 429 g/mol. The SMILES string of the molecule is Cc1c(-c2ccc(OC3CCN(C(N)=O)C(CC4CCC4)C3)cc2)ccc2cccnc12. The zero-order valence-electron chi connectivity index (χ0n) is 18.7. The lowest BCUT2D eigenvalue weighted by Crippen LogP contribution is -2.51. The van der Waals surface area contributed by atoms with Gasteiger partial charge in [-0.25, -0.2) is 4.79 Å². The third-order valence-corrected chi connectivity index (χ3v) is 7.28. The van der Waals surface area contributed by atoms with Gasteiger partial charge in [0.25, 0.3) is 0 Å². The minimum Gasteiger partial charge on any atom is -0.490 e. The van der Waals surface area contributed by atoms with Crippen molar-refractivity contribution in [1.29, 1.82) is 0 Å². The summed E-state index contributed by atoms with van der Waals surface area (Å²) in [7, 11) is 0. The maximum Gasteiger partial charge on any atom is 0.315 e. The predicted molar refractivity (Wildman–Crippen MR) is 128 cm³/mol. The Morgan fingerprint density at radius 3 is 2.66 bits per heavy atom. The predicted octanol–water partition coefficient (Wildman–Crippen LogP) is 5.69. The highest BCUT2D eigenvalue weighted by Gasteiger charge is 2.34. The lowest BCUT2D eigenvalue weighted by atomic mass is 9.78. The number of benzene rings is 2. The topological polar surface area (TPSA) is 68.5 Å². The van der Waals surface area contributed by atoms with Crippen LogP contribution in [0.1, 0.15) is 44.1 Å². The second-order valence-electron chi connectivity index (χ2n) is 9.32. The quantitative estimate of drug-likeness (QED) is 0.566. The van der Waals surface area contributed by atoms with Gasteiger partial charge in [-0.15, -0.1) is 0 Å². The number of carbonyl (C=O) groups excluding carboxylic acids is 1. The third kappa shape index (κ3) is 4.16. The van der Waals surface area contributed by atoms with Gasteiger partial charge in [0.2, 0.25) is 0 Å². The molecule has 1 saturated heterocycles. The molecule has 1 aromatic heterocycles. The summed E-state index contributed by atoms with van der Waals surface area (Å²) < 4.78 is 6.35. The summed E-state index contributed by atoms with van der Waals surface area (Å²) in [6.07, 6.45) is 8.56. The molecule has 2 unspecified atom stereocenters. The highest BCUT2D eigenvalue weighted by molar-refractivity contribution is 5.88. The van der Waals surface area contributed by atoms with Crippen molar-refractivity contribution in [2.75, 3.05) is 6.54 Å². The van der Waals surface area contributed by atoms with Crippen LogP contribution in [0.4, 0.5) is 4.79 Å². The first-order valence-electron chi connectivity index (χ1n) is 11.8. The first-order chi connectivity index (χ1) is 15.6. The number of fused-ring (bicyclic) bond motifs is 1. The van der Waals surface area contributed by atoms with Crippen LogP contribution in [-0.4, -0.2) is 34.6 Å². The number of carbonyl (C=O) groups is 1. The fourth-order valence-electron chi connectivity index (χ4n) is 5.26. The van der Waals surface area contributed by atoms with E-state index in [2.05, 4.69) is 54.4 Å². The van der Waals surface area contributed by atoms with Crippen LogP contribution in [0.25, 0.3) is 22.0 Å². The van der Waals surface area contributed by atoms with Crippen molar-refractivity contribution in [3.05, 3.63) is 60.3 Å². The molecular formula is C27H31N3O2. The summed E-state index contributed by atoms with van der Waals surface area (Å²) in [4.78, 5) is 18.3. The Balaban J connectivity index is 1.28. The minimum absolute atomic E-state index is 0.119. The van der Waals surface area contributed by atoms with Crippen LogP contribution in [0.3, 0.4) is 0 Å². The normalized spacial score (nSPS) is 21.3. The summed E-state index contributed by atoms with van der Waals surface area (Å²) in [5, 5.41) is 1.16. The standard InChI is InChI=1S/C27H31N3O2/c1-18-25(12-9-21-6-3-14-29-26(18)21)20-7-10-23(11-8-20)32-24-13-15-30(27(28)31)22(17-24)16-19-4-2-5-19/h3,6-12,14,19,22,24H,2,4-5,13,15-17H2,1H3,(H2,28,31). The second kappa shape index (κ2) is 8.81. The zero-order valence-corrected chi connectivity index (χ0v) is 18.7. The average molecular weight is 430 g/mol. The molecule has 2 aliphatic rings. The Morgan fingerprint density at radius 2 is 1.94 bits per heavy atom. The van der Waals surface area contributed by atoms with Gasteiger partial charge in [0.15, 0.2) is 0 Å². The van der Waals surface area contributed by atoms with Gasteiger partial charge in [0, 0.05) is 37.0 Å². The Bertz CT molecular complexity index is 1110. The van der Waals surface area contributed by atoms with E-state index in [1.165, 1.54) is 30.4 Å². The van der Waals surface area contributed by atoms with Gasteiger partial charge in [0.05, 0.1) is 5.52 Å². The van der Waals surface area contributed by atoms with E-state index < -0.39 is 0 Å². The summed E-state index contributed by atoms with van der Waals surface area (Å²) in [6.45, 7) is 2.81. The van der Waals surface area contributed by atoms with Crippen LogP contribution in [0.5, 0.6) is 5.75 Å². The van der Waals surface area contributed by atoms with Gasteiger partial charge >= 0.3 is 6.03 Å². The lowest BCUT2D eigenvalue weighted by molar-refractivity contribution is 0.0596. The van der Waals surface area contributed by atoms with Gasteiger partial charge in [0.1, 0.15) is 11.9 Å². The van der Waals surface area contributed by atoms with Crippen molar-refractivity contribution in [3.63, 3.8) is 0 Å². The molecule has 2 fully saturated rings. The number of likely N-dealkylation sites (tertiary alicyclic amines) is 1. The van der Waals surface area contributed by atoms with Crippen molar-refractivity contribution in [2.45, 2.75) is 57.6 Å². The molecule has 3 aromatic rings. The Hall–Kier alpha value is -3.08. The van der Waals surface area contributed by atoms with Gasteiger partial charge in [-0.3, -0.25) is 4.98 Å². The maximum atomic E-state index is 11.9. The molecule has 166 valence electrons. The molecule has 1 aliphatic heterocycles. The molecule has 1 aliphatic carbocycles. The molecule has 32 heavy (non-hydrogen) atoms. The van der Waals surface area contributed by atoms with Crippen LogP contribution in [0.2, 0.25) is 0 Å². The van der Waals surface area contributed by atoms with Crippen LogP contribution in [0.15, 0.2) is 54.7 Å². The number of urea groups is 1. The highest BCUT2D eigenvalue weighted by atomic mass is 16.5. The summed E-state index contributed by atoms with van der Waals surface area (Å²) in [6, 6.07) is 16.6. The van der Waals surface area contributed by atoms with Crippen LogP contribution >= 0.6 is 0 Å². The number of hydrogen-bond acceptors (Lipinski definition) is 3. The number of nitrogens with zero attached hydrogens (tertiary/aromatic N) is 2. The number of aromatic nitrogens is 1. The van der Waals surface area contributed by atoms with E-state index in [9.17, 15) is 4.79 Å². The number of aryl methyl sites for hydroxylation is 1. The largest absolute Gasteiger partial charge is 0.490 e.